The van der Waals surface area contributed by atoms with Crippen molar-refractivity contribution in [2.45, 2.75) is 26.2 Å². The third-order valence-corrected chi connectivity index (χ3v) is 3.13. The first-order chi connectivity index (χ1) is 8.76. The van der Waals surface area contributed by atoms with Crippen LogP contribution in [0.2, 0.25) is 0 Å². The molecule has 1 aromatic rings. The van der Waals surface area contributed by atoms with Crippen LogP contribution in [-0.2, 0) is 0 Å². The summed E-state index contributed by atoms with van der Waals surface area (Å²) in [6, 6.07) is 1.89. The van der Waals surface area contributed by atoms with E-state index in [0.717, 1.165) is 31.1 Å². The lowest BCUT2D eigenvalue weighted by Gasteiger charge is -2.08. The Bertz CT molecular complexity index is 345. The molecule has 5 nitrogen and oxygen atoms in total. The molecule has 0 atom stereocenters. The van der Waals surface area contributed by atoms with Gasteiger partial charge in [0.1, 0.15) is 11.6 Å². The third kappa shape index (κ3) is 5.95. The second-order valence-corrected chi connectivity index (χ2v) is 4.99. The summed E-state index contributed by atoms with van der Waals surface area (Å²) in [5.41, 5.74) is 5.65. The number of nitrogen functional groups attached to an aromatic ring is 1. The Labute approximate surface area is 113 Å². The molecule has 4 N–H and O–H groups in total. The fourth-order valence-corrected chi connectivity index (χ4v) is 2.09. The minimum Gasteiger partial charge on any atom is -0.370 e. The number of rotatable bonds is 9. The molecule has 0 radical (unpaired) electrons. The van der Waals surface area contributed by atoms with Gasteiger partial charge in [-0.3, -0.25) is 0 Å². The lowest BCUT2D eigenvalue weighted by molar-refractivity contribution is 0.748. The molecular formula is C12H23N5S. The summed E-state index contributed by atoms with van der Waals surface area (Å²) in [4.78, 5) is 8.27. The Balaban J connectivity index is 2.32. The van der Waals surface area contributed by atoms with Crippen molar-refractivity contribution in [3.05, 3.63) is 6.07 Å². The van der Waals surface area contributed by atoms with Gasteiger partial charge < -0.3 is 16.4 Å². The Morgan fingerprint density at radius 1 is 1.17 bits per heavy atom. The van der Waals surface area contributed by atoms with E-state index in [2.05, 4.69) is 26.9 Å². The Kier molecular flexibility index (Phi) is 7.32. The molecule has 0 amide bonds. The van der Waals surface area contributed by atoms with Gasteiger partial charge >= 0.3 is 0 Å². The molecule has 0 unspecified atom stereocenters. The smallest absolute Gasteiger partial charge is 0.223 e. The van der Waals surface area contributed by atoms with Crippen molar-refractivity contribution in [3.63, 3.8) is 0 Å². The maximum atomic E-state index is 5.65. The topological polar surface area (TPSA) is 75.9 Å². The van der Waals surface area contributed by atoms with Gasteiger partial charge in [0, 0.05) is 19.2 Å². The van der Waals surface area contributed by atoms with Crippen LogP contribution in [0.5, 0.6) is 0 Å². The number of hydrogen-bond acceptors (Lipinski definition) is 6. The van der Waals surface area contributed by atoms with Gasteiger partial charge in [0.05, 0.1) is 0 Å². The highest BCUT2D eigenvalue weighted by Gasteiger charge is 2.00. The number of nitrogens with two attached hydrogens (primary N) is 1. The van der Waals surface area contributed by atoms with E-state index in [-0.39, 0.29) is 0 Å². The van der Waals surface area contributed by atoms with Crippen LogP contribution in [0.1, 0.15) is 26.2 Å². The average Bonchev–Trinajstić information content (AvgIpc) is 2.33. The summed E-state index contributed by atoms with van der Waals surface area (Å²) in [5.74, 6) is 3.11. The SMILES string of the molecule is CCNc1cc(NCCCCCSC)nc(N)n1. The molecule has 0 aliphatic heterocycles. The van der Waals surface area contributed by atoms with Crippen LogP contribution in [-0.4, -0.2) is 35.1 Å². The van der Waals surface area contributed by atoms with E-state index in [1.165, 1.54) is 18.6 Å². The fraction of sp³-hybridized carbons (Fsp3) is 0.667. The van der Waals surface area contributed by atoms with E-state index >= 15 is 0 Å². The highest BCUT2D eigenvalue weighted by atomic mass is 32.2. The summed E-state index contributed by atoms with van der Waals surface area (Å²) >= 11 is 1.90. The molecule has 0 aromatic carbocycles. The zero-order valence-electron chi connectivity index (χ0n) is 11.2. The van der Waals surface area contributed by atoms with Crippen LogP contribution in [0.15, 0.2) is 6.07 Å². The highest BCUT2D eigenvalue weighted by Crippen LogP contribution is 2.12. The Hall–Kier alpha value is -1.17. The molecule has 18 heavy (non-hydrogen) atoms. The second-order valence-electron chi connectivity index (χ2n) is 4.01. The highest BCUT2D eigenvalue weighted by molar-refractivity contribution is 7.98. The van der Waals surface area contributed by atoms with E-state index in [1.807, 2.05) is 24.8 Å². The Morgan fingerprint density at radius 2 is 1.89 bits per heavy atom. The molecule has 0 aliphatic carbocycles. The van der Waals surface area contributed by atoms with Gasteiger partial charge in [-0.25, -0.2) is 0 Å². The normalized spacial score (nSPS) is 10.3. The number of anilines is 3. The number of thioether (sulfide) groups is 1. The van der Waals surface area contributed by atoms with Gasteiger partial charge in [-0.15, -0.1) is 0 Å². The van der Waals surface area contributed by atoms with E-state index in [0.29, 0.717) is 5.95 Å². The first-order valence-corrected chi connectivity index (χ1v) is 7.77. The summed E-state index contributed by atoms with van der Waals surface area (Å²) in [7, 11) is 0. The molecular weight excluding hydrogens is 246 g/mol. The number of aromatic nitrogens is 2. The van der Waals surface area contributed by atoms with Gasteiger partial charge in [-0.2, -0.15) is 21.7 Å². The zero-order valence-corrected chi connectivity index (χ0v) is 12.0. The molecule has 1 rings (SSSR count). The number of nitrogens with one attached hydrogen (secondary N) is 2. The quantitative estimate of drug-likeness (QED) is 0.598. The van der Waals surface area contributed by atoms with Crippen molar-refractivity contribution in [1.29, 1.82) is 0 Å². The van der Waals surface area contributed by atoms with Gasteiger partial charge in [0.25, 0.3) is 0 Å². The largest absolute Gasteiger partial charge is 0.370 e. The molecule has 0 bridgehead atoms. The van der Waals surface area contributed by atoms with Crippen LogP contribution in [0, 0.1) is 0 Å². The summed E-state index contributed by atoms with van der Waals surface area (Å²) in [5, 5.41) is 6.42. The van der Waals surface area contributed by atoms with Crippen LogP contribution in [0.3, 0.4) is 0 Å². The van der Waals surface area contributed by atoms with E-state index in [1.54, 1.807) is 0 Å². The summed E-state index contributed by atoms with van der Waals surface area (Å²) < 4.78 is 0. The average molecular weight is 269 g/mol. The lowest BCUT2D eigenvalue weighted by atomic mass is 10.2. The van der Waals surface area contributed by atoms with Crippen molar-refractivity contribution >= 4 is 29.3 Å². The van der Waals surface area contributed by atoms with E-state index in [9.17, 15) is 0 Å². The maximum Gasteiger partial charge on any atom is 0.223 e. The first-order valence-electron chi connectivity index (χ1n) is 6.37. The first kappa shape index (κ1) is 14.9. The Morgan fingerprint density at radius 3 is 2.56 bits per heavy atom. The second kappa shape index (κ2) is 8.85. The van der Waals surface area contributed by atoms with Crippen molar-refractivity contribution in [2.75, 3.05) is 41.5 Å². The van der Waals surface area contributed by atoms with Gasteiger partial charge in [0.2, 0.25) is 5.95 Å². The third-order valence-electron chi connectivity index (χ3n) is 2.43. The standard InChI is InChI=1S/C12H23N5S/c1-3-14-10-9-11(17-12(13)16-10)15-7-5-4-6-8-18-2/h9H,3-8H2,1-2H3,(H4,13,14,15,16,17). The molecule has 0 saturated carbocycles. The van der Waals surface area contributed by atoms with Crippen LogP contribution >= 0.6 is 11.8 Å². The predicted molar refractivity (Wildman–Crippen MR) is 81.3 cm³/mol. The minimum absolute atomic E-state index is 0.304. The molecule has 6 heteroatoms. The van der Waals surface area contributed by atoms with Crippen molar-refractivity contribution in [2.24, 2.45) is 0 Å². The van der Waals surface area contributed by atoms with E-state index < -0.39 is 0 Å². The zero-order chi connectivity index (χ0) is 13.2. The predicted octanol–water partition coefficient (Wildman–Crippen LogP) is 2.44. The van der Waals surface area contributed by atoms with E-state index in [4.69, 9.17) is 5.73 Å². The summed E-state index contributed by atoms with van der Waals surface area (Å²) in [6.45, 7) is 3.78. The van der Waals surface area contributed by atoms with Gasteiger partial charge in [-0.1, -0.05) is 6.42 Å². The van der Waals surface area contributed by atoms with Crippen LogP contribution in [0.4, 0.5) is 17.6 Å². The van der Waals surface area contributed by atoms with Gasteiger partial charge in [0.15, 0.2) is 0 Å². The molecule has 1 heterocycles. The number of hydrogen-bond donors (Lipinski definition) is 3. The molecule has 102 valence electrons. The molecule has 0 aliphatic rings. The van der Waals surface area contributed by atoms with Crippen molar-refractivity contribution in [1.82, 2.24) is 9.97 Å². The van der Waals surface area contributed by atoms with Crippen LogP contribution in [0.25, 0.3) is 0 Å². The van der Waals surface area contributed by atoms with Gasteiger partial charge in [-0.05, 0) is 31.8 Å². The fourth-order valence-electron chi connectivity index (χ4n) is 1.59. The minimum atomic E-state index is 0.304. The number of nitrogens with zero attached hydrogens (tertiary/aromatic N) is 2. The van der Waals surface area contributed by atoms with Crippen molar-refractivity contribution < 1.29 is 0 Å². The number of unbranched alkanes of at least 4 members (excludes halogenated alkanes) is 2. The van der Waals surface area contributed by atoms with Crippen molar-refractivity contribution in [3.8, 4) is 0 Å². The molecule has 1 aromatic heterocycles. The molecule has 0 fully saturated rings. The molecule has 0 spiro atoms. The van der Waals surface area contributed by atoms with Crippen LogP contribution < -0.4 is 16.4 Å². The maximum absolute atomic E-state index is 5.65. The molecule has 0 saturated heterocycles. The monoisotopic (exact) mass is 269 g/mol. The summed E-state index contributed by atoms with van der Waals surface area (Å²) in [6.07, 6.45) is 5.82. The lowest BCUT2D eigenvalue weighted by Crippen LogP contribution is -2.08.